The Hall–Kier alpha value is -2.09. The molecule has 0 radical (unpaired) electrons. The van der Waals surface area contributed by atoms with Crippen LogP contribution in [0.4, 0.5) is 13.2 Å². The van der Waals surface area contributed by atoms with E-state index in [4.69, 9.17) is 0 Å². The molecule has 3 aromatic heterocycles. The van der Waals surface area contributed by atoms with Crippen molar-refractivity contribution in [3.63, 3.8) is 0 Å². The highest BCUT2D eigenvalue weighted by molar-refractivity contribution is 7.99. The number of rotatable bonds is 2. The van der Waals surface area contributed by atoms with Gasteiger partial charge in [0.1, 0.15) is 15.7 Å². The number of H-pyrrole nitrogens is 1. The maximum Gasteiger partial charge on any atom is 0.451 e. The Labute approximate surface area is 121 Å². The molecular formula is C13H9F3N4S. The van der Waals surface area contributed by atoms with Crippen molar-refractivity contribution in [2.24, 2.45) is 0 Å². The Morgan fingerprint density at radius 3 is 2.67 bits per heavy atom. The molecule has 3 heterocycles. The zero-order valence-corrected chi connectivity index (χ0v) is 11.6. The van der Waals surface area contributed by atoms with Crippen LogP contribution in [0.15, 0.2) is 40.5 Å². The Balaban J connectivity index is 2.15. The van der Waals surface area contributed by atoms with Gasteiger partial charge < -0.3 is 4.98 Å². The fourth-order valence-corrected chi connectivity index (χ4v) is 2.68. The predicted molar refractivity (Wildman–Crippen MR) is 72.0 cm³/mol. The van der Waals surface area contributed by atoms with E-state index in [0.717, 1.165) is 17.5 Å². The second-order valence-corrected chi connectivity index (χ2v) is 5.34. The summed E-state index contributed by atoms with van der Waals surface area (Å²) in [5, 5.41) is 1.36. The van der Waals surface area contributed by atoms with E-state index in [9.17, 15) is 13.2 Å². The maximum absolute atomic E-state index is 12.9. The standard InChI is InChI=1S/C13H9F3N4S/c1-7-6-8-10(18-7)19-12(13(14,15)16)20-11(8)21-9-4-2-3-5-17-9/h2-6H,1H3,(H,18,19,20). The third-order valence-electron chi connectivity index (χ3n) is 2.68. The molecule has 8 heteroatoms. The van der Waals surface area contributed by atoms with Crippen molar-refractivity contribution < 1.29 is 13.2 Å². The molecule has 0 saturated heterocycles. The van der Waals surface area contributed by atoms with Crippen molar-refractivity contribution in [3.8, 4) is 0 Å². The molecular weight excluding hydrogens is 301 g/mol. The topological polar surface area (TPSA) is 54.5 Å². The quantitative estimate of drug-likeness (QED) is 0.731. The first kappa shape index (κ1) is 13.9. The van der Waals surface area contributed by atoms with Crippen LogP contribution in [0.3, 0.4) is 0 Å². The van der Waals surface area contributed by atoms with E-state index in [2.05, 4.69) is 19.9 Å². The number of nitrogens with zero attached hydrogens (tertiary/aromatic N) is 3. The summed E-state index contributed by atoms with van der Waals surface area (Å²) in [4.78, 5) is 14.1. The number of aromatic nitrogens is 4. The van der Waals surface area contributed by atoms with Crippen LogP contribution < -0.4 is 0 Å². The van der Waals surface area contributed by atoms with E-state index in [1.54, 1.807) is 37.4 Å². The van der Waals surface area contributed by atoms with E-state index < -0.39 is 12.0 Å². The zero-order valence-electron chi connectivity index (χ0n) is 10.8. The highest BCUT2D eigenvalue weighted by Crippen LogP contribution is 2.34. The van der Waals surface area contributed by atoms with Crippen LogP contribution in [0.1, 0.15) is 11.5 Å². The lowest BCUT2D eigenvalue weighted by Gasteiger charge is -2.07. The van der Waals surface area contributed by atoms with Gasteiger partial charge in [-0.15, -0.1) is 0 Å². The van der Waals surface area contributed by atoms with Gasteiger partial charge in [-0.05, 0) is 36.9 Å². The number of hydrogen-bond acceptors (Lipinski definition) is 4. The fraction of sp³-hybridized carbons (Fsp3) is 0.154. The summed E-state index contributed by atoms with van der Waals surface area (Å²) in [6.07, 6.45) is -3.01. The van der Waals surface area contributed by atoms with Crippen molar-refractivity contribution in [1.29, 1.82) is 0 Å². The molecule has 0 aliphatic heterocycles. The Morgan fingerprint density at radius 2 is 2.00 bits per heavy atom. The third-order valence-corrected chi connectivity index (χ3v) is 3.63. The second-order valence-electron chi connectivity index (χ2n) is 4.33. The average molecular weight is 310 g/mol. The average Bonchev–Trinajstić information content (AvgIpc) is 2.79. The summed E-state index contributed by atoms with van der Waals surface area (Å²) < 4.78 is 38.6. The normalized spacial score (nSPS) is 12.0. The Bertz CT molecular complexity index is 783. The molecule has 21 heavy (non-hydrogen) atoms. The van der Waals surface area contributed by atoms with Crippen LogP contribution in [0, 0.1) is 6.92 Å². The van der Waals surface area contributed by atoms with Crippen molar-refractivity contribution in [2.75, 3.05) is 0 Å². The first-order valence-corrected chi connectivity index (χ1v) is 6.78. The molecule has 0 bridgehead atoms. The van der Waals surface area contributed by atoms with Crippen LogP contribution in [0.5, 0.6) is 0 Å². The monoisotopic (exact) mass is 310 g/mol. The van der Waals surface area contributed by atoms with Crippen molar-refractivity contribution >= 4 is 22.8 Å². The summed E-state index contributed by atoms with van der Waals surface area (Å²) in [6.45, 7) is 1.75. The van der Waals surface area contributed by atoms with E-state index in [1.165, 1.54) is 0 Å². The van der Waals surface area contributed by atoms with Crippen LogP contribution in [-0.4, -0.2) is 19.9 Å². The second kappa shape index (κ2) is 5.03. The first-order valence-electron chi connectivity index (χ1n) is 5.97. The largest absolute Gasteiger partial charge is 0.451 e. The predicted octanol–water partition coefficient (Wildman–Crippen LogP) is 3.83. The molecule has 4 nitrogen and oxygen atoms in total. The molecule has 0 saturated carbocycles. The SMILES string of the molecule is Cc1cc2c(Sc3ccccn3)nc(C(F)(F)F)nc2[nH]1. The smallest absolute Gasteiger partial charge is 0.343 e. The van der Waals surface area contributed by atoms with Gasteiger partial charge in [-0.2, -0.15) is 13.2 Å². The molecule has 3 aromatic rings. The third kappa shape index (κ3) is 2.85. The molecule has 108 valence electrons. The van der Waals surface area contributed by atoms with Crippen molar-refractivity contribution in [1.82, 2.24) is 19.9 Å². The van der Waals surface area contributed by atoms with Gasteiger partial charge in [-0.25, -0.2) is 15.0 Å². The summed E-state index contributed by atoms with van der Waals surface area (Å²) in [6, 6.07) is 6.94. The van der Waals surface area contributed by atoms with Gasteiger partial charge in [0, 0.05) is 11.9 Å². The van der Waals surface area contributed by atoms with Gasteiger partial charge in [0.05, 0.1) is 5.39 Å². The molecule has 0 spiro atoms. The summed E-state index contributed by atoms with van der Waals surface area (Å²) in [5.41, 5.74) is 0.898. The molecule has 0 aliphatic carbocycles. The Morgan fingerprint density at radius 1 is 1.19 bits per heavy atom. The van der Waals surface area contributed by atoms with E-state index in [0.29, 0.717) is 10.4 Å². The van der Waals surface area contributed by atoms with Gasteiger partial charge in [0.25, 0.3) is 0 Å². The van der Waals surface area contributed by atoms with Gasteiger partial charge in [-0.3, -0.25) is 0 Å². The number of pyridine rings is 1. The first-order chi connectivity index (χ1) is 9.93. The van der Waals surface area contributed by atoms with Gasteiger partial charge in [0.2, 0.25) is 5.82 Å². The molecule has 0 atom stereocenters. The van der Waals surface area contributed by atoms with Crippen LogP contribution in [-0.2, 0) is 6.18 Å². The molecule has 0 aromatic carbocycles. The highest BCUT2D eigenvalue weighted by atomic mass is 32.2. The molecule has 0 amide bonds. The minimum absolute atomic E-state index is 0.174. The lowest BCUT2D eigenvalue weighted by Crippen LogP contribution is -2.11. The van der Waals surface area contributed by atoms with Crippen molar-refractivity contribution in [3.05, 3.63) is 42.0 Å². The minimum Gasteiger partial charge on any atom is -0.343 e. The van der Waals surface area contributed by atoms with E-state index >= 15 is 0 Å². The van der Waals surface area contributed by atoms with Crippen LogP contribution in [0.25, 0.3) is 11.0 Å². The maximum atomic E-state index is 12.9. The number of fused-ring (bicyclic) bond motifs is 1. The van der Waals surface area contributed by atoms with Gasteiger partial charge in [-0.1, -0.05) is 6.07 Å². The summed E-state index contributed by atoms with van der Waals surface area (Å²) in [5.74, 6) is -1.16. The summed E-state index contributed by atoms with van der Waals surface area (Å²) in [7, 11) is 0. The van der Waals surface area contributed by atoms with Gasteiger partial charge >= 0.3 is 6.18 Å². The number of hydrogen-bond donors (Lipinski definition) is 1. The van der Waals surface area contributed by atoms with Gasteiger partial charge in [0.15, 0.2) is 0 Å². The number of halogens is 3. The highest BCUT2D eigenvalue weighted by Gasteiger charge is 2.36. The van der Waals surface area contributed by atoms with Crippen molar-refractivity contribution in [2.45, 2.75) is 23.2 Å². The fourth-order valence-electron chi connectivity index (χ4n) is 1.82. The molecule has 3 rings (SSSR count). The van der Waals surface area contributed by atoms with Crippen LogP contribution in [0.2, 0.25) is 0 Å². The number of aryl methyl sites for hydroxylation is 1. The lowest BCUT2D eigenvalue weighted by atomic mass is 10.4. The Kier molecular flexibility index (Phi) is 3.32. The number of nitrogens with one attached hydrogen (secondary N) is 1. The minimum atomic E-state index is -4.59. The molecule has 1 N–H and O–H groups in total. The lowest BCUT2D eigenvalue weighted by molar-refractivity contribution is -0.145. The number of alkyl halides is 3. The molecule has 0 unspecified atom stereocenters. The van der Waals surface area contributed by atoms with E-state index in [-0.39, 0.29) is 10.7 Å². The number of aromatic amines is 1. The summed E-state index contributed by atoms with van der Waals surface area (Å²) >= 11 is 1.08. The van der Waals surface area contributed by atoms with Crippen LogP contribution >= 0.6 is 11.8 Å². The molecule has 0 fully saturated rings. The van der Waals surface area contributed by atoms with E-state index in [1.807, 2.05) is 0 Å². The zero-order chi connectivity index (χ0) is 15.0. The molecule has 0 aliphatic rings.